The van der Waals surface area contributed by atoms with Crippen molar-refractivity contribution in [3.05, 3.63) is 59.7 Å². The van der Waals surface area contributed by atoms with Gasteiger partial charge in [-0.3, -0.25) is 53.4 Å². The average Bonchev–Trinajstić information content (AvgIpc) is 3.32. The maximum Gasteiger partial charge on any atom is 0.317 e. The van der Waals surface area contributed by atoms with Crippen molar-refractivity contribution in [1.29, 1.82) is 0 Å². The van der Waals surface area contributed by atoms with Crippen LogP contribution in [-0.2, 0) is 30.5 Å². The van der Waals surface area contributed by atoms with Gasteiger partial charge in [0.15, 0.2) is 5.96 Å². The minimum atomic E-state index is -1.02. The van der Waals surface area contributed by atoms with Gasteiger partial charge in [0.2, 0.25) is 11.8 Å². The molecule has 20 nitrogen and oxygen atoms in total. The van der Waals surface area contributed by atoms with Crippen molar-refractivity contribution in [2.24, 2.45) is 16.5 Å². The molecule has 1 fully saturated rings. The molecule has 0 atom stereocenters. The minimum Gasteiger partial charge on any atom is -0.494 e. The highest BCUT2D eigenvalue weighted by molar-refractivity contribution is 6.09. The summed E-state index contributed by atoms with van der Waals surface area (Å²) in [4.78, 5) is 87.8. The third-order valence-electron chi connectivity index (χ3n) is 10.2. The lowest BCUT2D eigenvalue weighted by Crippen LogP contribution is -2.49. The number of rotatable bonds is 20. The number of aliphatic carboxylic acids is 3. The summed E-state index contributed by atoms with van der Waals surface area (Å²) in [5.41, 5.74) is 12.1. The van der Waals surface area contributed by atoms with E-state index in [2.05, 4.69) is 17.2 Å². The molecule has 1 saturated heterocycles. The van der Waals surface area contributed by atoms with Gasteiger partial charge in [0, 0.05) is 72.0 Å². The lowest BCUT2D eigenvalue weighted by atomic mass is 10.1. The number of hydrogen-bond acceptors (Lipinski definition) is 12. The van der Waals surface area contributed by atoms with E-state index in [1.165, 1.54) is 0 Å². The number of unbranched alkanes of at least 4 members (excludes halogenated alkanes) is 1. The van der Waals surface area contributed by atoms with Gasteiger partial charge in [0.05, 0.1) is 50.6 Å². The Morgan fingerprint density at radius 1 is 0.714 bits per heavy atom. The number of hydrogen-bond donors (Lipinski definition) is 6. The molecule has 63 heavy (non-hydrogen) atoms. The largest absolute Gasteiger partial charge is 0.494 e. The Kier molecular flexibility index (Phi) is 22.9. The summed E-state index contributed by atoms with van der Waals surface area (Å²) in [6, 6.07) is 14.6. The molecular weight excluding hydrogens is 817 g/mol. The van der Waals surface area contributed by atoms with Crippen LogP contribution in [0.4, 0.5) is 5.69 Å². The topological polar surface area (TPSA) is 268 Å². The van der Waals surface area contributed by atoms with Crippen molar-refractivity contribution in [1.82, 2.24) is 29.8 Å². The molecule has 0 bridgehead atoms. The van der Waals surface area contributed by atoms with E-state index in [1.54, 1.807) is 42.7 Å². The zero-order valence-electron chi connectivity index (χ0n) is 36.7. The lowest BCUT2D eigenvalue weighted by Gasteiger charge is -2.32. The zero-order valence-corrected chi connectivity index (χ0v) is 36.7. The Morgan fingerprint density at radius 3 is 1.73 bits per heavy atom. The molecule has 0 spiro atoms. The highest BCUT2D eigenvalue weighted by Gasteiger charge is 2.31. The first-order valence-electron chi connectivity index (χ1n) is 21.5. The van der Waals surface area contributed by atoms with Gasteiger partial charge in [-0.25, -0.2) is 0 Å². The van der Waals surface area contributed by atoms with Gasteiger partial charge in [-0.05, 0) is 49.1 Å². The molecule has 2 aromatic carbocycles. The van der Waals surface area contributed by atoms with Gasteiger partial charge in [-0.2, -0.15) is 0 Å². The molecule has 0 unspecified atom stereocenters. The number of anilines is 1. The Labute approximate surface area is 369 Å². The number of fused-ring (bicyclic) bond motifs is 1. The number of carbonyl (C=O) groups excluding carboxylic acids is 3. The number of benzene rings is 2. The molecule has 0 aliphatic carbocycles. The van der Waals surface area contributed by atoms with Crippen LogP contribution >= 0.6 is 0 Å². The van der Waals surface area contributed by atoms with Crippen molar-refractivity contribution >= 4 is 47.3 Å². The molecule has 348 valence electrons. The molecule has 0 aromatic heterocycles. The van der Waals surface area contributed by atoms with Crippen molar-refractivity contribution in [3.63, 3.8) is 0 Å². The molecule has 2 heterocycles. The molecule has 2 aliphatic rings. The van der Waals surface area contributed by atoms with E-state index in [9.17, 15) is 44.1 Å². The highest BCUT2D eigenvalue weighted by atomic mass is 16.5. The molecule has 2 aliphatic heterocycles. The van der Waals surface area contributed by atoms with Crippen LogP contribution in [0.25, 0.3) is 0 Å². The lowest BCUT2D eigenvalue weighted by molar-refractivity contribution is -0.140. The normalized spacial score (nSPS) is 16.0. The number of amides is 3. The second kappa shape index (κ2) is 28.0. The van der Waals surface area contributed by atoms with Crippen LogP contribution in [0.1, 0.15) is 55.5 Å². The maximum atomic E-state index is 13.3. The van der Waals surface area contributed by atoms with Gasteiger partial charge in [-0.1, -0.05) is 44.5 Å². The van der Waals surface area contributed by atoms with E-state index < -0.39 is 17.9 Å². The smallest absolute Gasteiger partial charge is 0.317 e. The van der Waals surface area contributed by atoms with Crippen molar-refractivity contribution in [3.8, 4) is 5.75 Å². The van der Waals surface area contributed by atoms with Crippen LogP contribution in [-0.4, -0.2) is 193 Å². The number of carboxylic acids is 3. The Bertz CT molecular complexity index is 1780. The summed E-state index contributed by atoms with van der Waals surface area (Å²) in [6.07, 6.45) is 3.48. The highest BCUT2D eigenvalue weighted by Crippen LogP contribution is 2.28. The summed E-state index contributed by atoms with van der Waals surface area (Å²) in [6.45, 7) is 8.21. The Morgan fingerprint density at radius 2 is 1.24 bits per heavy atom. The predicted octanol–water partition coefficient (Wildman–Crippen LogP) is 0.506. The SMILES string of the molecule is CCCCN=C(N)N.CCCN1CC(=O)N(Cc2ccc(OCCCNC(=O)CN3CCN(CC(=O)O)CCN(CC(=O)O)CCN(CC(=O)O)CC3)cc2)c2ccccc2C1=O. The number of guanidine groups is 1. The molecular formula is C43H66N10O10. The number of ether oxygens (including phenoxy) is 1. The first-order valence-corrected chi connectivity index (χ1v) is 21.5. The number of nitrogens with one attached hydrogen (secondary N) is 1. The monoisotopic (exact) mass is 882 g/mol. The van der Waals surface area contributed by atoms with Crippen LogP contribution in [0.5, 0.6) is 5.75 Å². The van der Waals surface area contributed by atoms with E-state index in [-0.39, 0.29) is 56.4 Å². The Balaban J connectivity index is 0.00000120. The molecule has 2 aromatic rings. The van der Waals surface area contributed by atoms with E-state index in [4.69, 9.17) is 16.2 Å². The van der Waals surface area contributed by atoms with Gasteiger partial charge in [-0.15, -0.1) is 0 Å². The first kappa shape index (κ1) is 51.5. The third kappa shape index (κ3) is 19.8. The number of aliphatic imine (C=N–C) groups is 1. The Hall–Kier alpha value is -5.83. The fourth-order valence-corrected chi connectivity index (χ4v) is 6.91. The molecule has 8 N–H and O–H groups in total. The summed E-state index contributed by atoms with van der Waals surface area (Å²) in [5, 5.41) is 31.1. The number of carbonyl (C=O) groups is 6. The summed E-state index contributed by atoms with van der Waals surface area (Å²) < 4.78 is 5.89. The van der Waals surface area contributed by atoms with E-state index in [0.717, 1.165) is 31.4 Å². The van der Waals surface area contributed by atoms with Gasteiger partial charge >= 0.3 is 17.9 Å². The summed E-state index contributed by atoms with van der Waals surface area (Å²) in [5.74, 6) is -2.76. The van der Waals surface area contributed by atoms with E-state index in [0.29, 0.717) is 102 Å². The number of nitrogens with two attached hydrogens (primary N) is 2. The zero-order chi connectivity index (χ0) is 46.1. The second-order valence-electron chi connectivity index (χ2n) is 15.4. The predicted molar refractivity (Wildman–Crippen MR) is 238 cm³/mol. The summed E-state index contributed by atoms with van der Waals surface area (Å²) >= 11 is 0. The number of carboxylic acid groups (broad SMARTS) is 3. The van der Waals surface area contributed by atoms with Gasteiger partial charge in [0.1, 0.15) is 12.3 Å². The van der Waals surface area contributed by atoms with Crippen LogP contribution in [0.15, 0.2) is 53.5 Å². The quantitative estimate of drug-likeness (QED) is 0.0601. The first-order chi connectivity index (χ1) is 30.2. The van der Waals surface area contributed by atoms with Crippen molar-refractivity contribution in [2.75, 3.05) is 116 Å². The number of para-hydroxylation sites is 1. The fourth-order valence-electron chi connectivity index (χ4n) is 6.91. The van der Waals surface area contributed by atoms with Crippen LogP contribution in [0.3, 0.4) is 0 Å². The van der Waals surface area contributed by atoms with E-state index >= 15 is 0 Å². The molecule has 0 saturated carbocycles. The van der Waals surface area contributed by atoms with Gasteiger partial charge in [0.25, 0.3) is 5.91 Å². The third-order valence-corrected chi connectivity index (χ3v) is 10.2. The summed E-state index contributed by atoms with van der Waals surface area (Å²) in [7, 11) is 0. The molecule has 3 amide bonds. The standard InChI is InChI=1S/C38H53N7O10.C5H13N3/c1-2-13-44-25-34(47)45(32-7-4-3-6-31(32)38(44)54)23-29-8-10-30(11-9-29)55-22-5-12-39-33(46)24-40-14-16-41(26-35(48)49)18-20-43(28-37(52)53)21-19-42(17-15-40)27-36(50)51;1-2-3-4-8-5(6)7/h3-4,6-11H,2,5,12-28H2,1H3,(H,39,46)(H,48,49)(H,50,51)(H,52,53);2-4H2,1H3,(H4,6,7,8). The molecule has 0 radical (unpaired) electrons. The van der Waals surface area contributed by atoms with Crippen molar-refractivity contribution in [2.45, 2.75) is 46.1 Å². The maximum absolute atomic E-state index is 13.3. The fraction of sp³-hybridized carbons (Fsp3) is 0.558. The van der Waals surface area contributed by atoms with Crippen LogP contribution in [0, 0.1) is 0 Å². The second-order valence-corrected chi connectivity index (χ2v) is 15.4. The minimum absolute atomic E-state index is 0.0183. The number of nitrogens with zero attached hydrogens (tertiary/aromatic N) is 7. The van der Waals surface area contributed by atoms with Gasteiger partial charge < -0.3 is 46.6 Å². The van der Waals surface area contributed by atoms with Crippen LogP contribution < -0.4 is 26.4 Å². The average molecular weight is 883 g/mol. The van der Waals surface area contributed by atoms with E-state index in [1.807, 2.05) is 42.2 Å². The molecule has 4 rings (SSSR count). The molecule has 20 heteroatoms. The van der Waals surface area contributed by atoms with Crippen LogP contribution in [0.2, 0.25) is 0 Å². The van der Waals surface area contributed by atoms with Crippen molar-refractivity contribution < 1.29 is 48.8 Å².